The normalized spacial score (nSPS) is 17.4. The Hall–Kier alpha value is -2.37. The summed E-state index contributed by atoms with van der Waals surface area (Å²) in [6.45, 7) is 3.62. The maximum absolute atomic E-state index is 12.5. The molecule has 0 spiro atoms. The number of nitrogens with zero attached hydrogens (tertiary/aromatic N) is 1. The molecule has 0 radical (unpaired) electrons. The molecule has 1 aliphatic heterocycles. The molecule has 1 heterocycles. The van der Waals surface area contributed by atoms with Crippen LogP contribution in [-0.4, -0.2) is 36.5 Å². The molecule has 5 nitrogen and oxygen atoms in total. The predicted molar refractivity (Wildman–Crippen MR) is 114 cm³/mol. The summed E-state index contributed by atoms with van der Waals surface area (Å²) in [6, 6.07) is 15.4. The smallest absolute Gasteiger partial charge is 0.337 e. The van der Waals surface area contributed by atoms with E-state index in [-0.39, 0.29) is 24.0 Å². The fourth-order valence-electron chi connectivity index (χ4n) is 3.86. The van der Waals surface area contributed by atoms with Gasteiger partial charge in [0.1, 0.15) is 0 Å². The van der Waals surface area contributed by atoms with E-state index in [1.165, 1.54) is 7.11 Å². The minimum absolute atomic E-state index is 0.0399. The third-order valence-electron chi connectivity index (χ3n) is 5.50. The SMILES string of the molecule is COC(=O)c1ccc(CNCC[C@H]2CCC(=O)N2[C@@H](C)c2ccc(Cl)cc2)cc1. The number of benzene rings is 2. The van der Waals surface area contributed by atoms with E-state index in [4.69, 9.17) is 16.3 Å². The minimum Gasteiger partial charge on any atom is -0.465 e. The second-order valence-electron chi connectivity index (χ2n) is 7.37. The van der Waals surface area contributed by atoms with Gasteiger partial charge in [0.25, 0.3) is 0 Å². The molecule has 2 aromatic rings. The molecule has 1 amide bonds. The Morgan fingerprint density at radius 1 is 1.21 bits per heavy atom. The average Bonchev–Trinajstić information content (AvgIpc) is 3.11. The van der Waals surface area contributed by atoms with Crippen molar-refractivity contribution in [3.05, 3.63) is 70.2 Å². The van der Waals surface area contributed by atoms with Gasteiger partial charge in [-0.3, -0.25) is 4.79 Å². The highest BCUT2D eigenvalue weighted by atomic mass is 35.5. The summed E-state index contributed by atoms with van der Waals surface area (Å²) in [5.41, 5.74) is 2.76. The number of methoxy groups -OCH3 is 1. The summed E-state index contributed by atoms with van der Waals surface area (Å²) in [4.78, 5) is 26.0. The molecule has 2 atom stereocenters. The number of hydrogen-bond donors (Lipinski definition) is 1. The number of halogens is 1. The van der Waals surface area contributed by atoms with E-state index in [0.29, 0.717) is 17.0 Å². The Bertz CT molecular complexity index is 836. The molecule has 1 fully saturated rings. The number of hydrogen-bond acceptors (Lipinski definition) is 4. The van der Waals surface area contributed by atoms with Crippen LogP contribution in [-0.2, 0) is 16.1 Å². The standard InChI is InChI=1S/C23H27ClN2O3/c1-16(18-7-9-20(24)10-8-18)26-21(11-12-22(26)27)13-14-25-15-17-3-5-19(6-4-17)23(28)29-2/h3-10,16,21,25H,11-15H2,1-2H3/t16-,21+/m0/s1. The van der Waals surface area contributed by atoms with E-state index >= 15 is 0 Å². The minimum atomic E-state index is -0.328. The van der Waals surface area contributed by atoms with Crippen LogP contribution in [0.1, 0.15) is 53.7 Å². The highest BCUT2D eigenvalue weighted by molar-refractivity contribution is 6.30. The summed E-state index contributed by atoms with van der Waals surface area (Å²) < 4.78 is 4.71. The van der Waals surface area contributed by atoms with Crippen LogP contribution in [0, 0.1) is 0 Å². The first-order valence-electron chi connectivity index (χ1n) is 9.94. The third kappa shape index (κ3) is 5.37. The average molecular weight is 415 g/mol. The maximum atomic E-state index is 12.5. The summed E-state index contributed by atoms with van der Waals surface area (Å²) in [5, 5.41) is 4.14. The highest BCUT2D eigenvalue weighted by Crippen LogP contribution is 2.32. The lowest BCUT2D eigenvalue weighted by Gasteiger charge is -2.31. The van der Waals surface area contributed by atoms with E-state index in [1.807, 2.05) is 41.3 Å². The Morgan fingerprint density at radius 2 is 1.90 bits per heavy atom. The number of amides is 1. The van der Waals surface area contributed by atoms with E-state index in [0.717, 1.165) is 37.1 Å². The van der Waals surface area contributed by atoms with Gasteiger partial charge >= 0.3 is 5.97 Å². The van der Waals surface area contributed by atoms with Crippen molar-refractivity contribution in [3.63, 3.8) is 0 Å². The lowest BCUT2D eigenvalue weighted by Crippen LogP contribution is -2.37. The number of nitrogens with one attached hydrogen (secondary N) is 1. The van der Waals surface area contributed by atoms with Crippen LogP contribution in [0.4, 0.5) is 0 Å². The molecule has 0 unspecified atom stereocenters. The number of likely N-dealkylation sites (tertiary alicyclic amines) is 1. The lowest BCUT2D eigenvalue weighted by molar-refractivity contribution is -0.131. The summed E-state index contributed by atoms with van der Waals surface area (Å²) in [7, 11) is 1.38. The van der Waals surface area contributed by atoms with Gasteiger partial charge < -0.3 is 15.0 Å². The van der Waals surface area contributed by atoms with Gasteiger partial charge in [-0.25, -0.2) is 4.79 Å². The maximum Gasteiger partial charge on any atom is 0.337 e. The molecule has 1 N–H and O–H groups in total. The summed E-state index contributed by atoms with van der Waals surface area (Å²) >= 11 is 5.99. The zero-order chi connectivity index (χ0) is 20.8. The Balaban J connectivity index is 1.51. The number of carbonyl (C=O) groups is 2. The second kappa shape index (κ2) is 9.90. The molecule has 1 saturated heterocycles. The van der Waals surface area contributed by atoms with Crippen molar-refractivity contribution in [3.8, 4) is 0 Å². The molecule has 6 heteroatoms. The second-order valence-corrected chi connectivity index (χ2v) is 7.81. The fraction of sp³-hybridized carbons (Fsp3) is 0.391. The van der Waals surface area contributed by atoms with Gasteiger partial charge in [0.2, 0.25) is 5.91 Å². The van der Waals surface area contributed by atoms with Gasteiger partial charge in [-0.2, -0.15) is 0 Å². The highest BCUT2D eigenvalue weighted by Gasteiger charge is 2.34. The first kappa shape index (κ1) is 21.3. The Labute approximate surface area is 177 Å². The molecule has 3 rings (SSSR count). The molecule has 0 aromatic heterocycles. The van der Waals surface area contributed by atoms with Crippen molar-refractivity contribution in [1.82, 2.24) is 10.2 Å². The molecule has 1 aliphatic rings. The Kier molecular flexibility index (Phi) is 7.29. The van der Waals surface area contributed by atoms with Gasteiger partial charge in [-0.15, -0.1) is 0 Å². The molecule has 0 aliphatic carbocycles. The Morgan fingerprint density at radius 3 is 2.55 bits per heavy atom. The zero-order valence-corrected chi connectivity index (χ0v) is 17.6. The lowest BCUT2D eigenvalue weighted by atomic mass is 10.0. The van der Waals surface area contributed by atoms with E-state index in [1.54, 1.807) is 12.1 Å². The van der Waals surface area contributed by atoms with Crippen molar-refractivity contribution < 1.29 is 14.3 Å². The van der Waals surface area contributed by atoms with Crippen molar-refractivity contribution in [2.24, 2.45) is 0 Å². The van der Waals surface area contributed by atoms with Gasteiger partial charge in [0.15, 0.2) is 0 Å². The third-order valence-corrected chi connectivity index (χ3v) is 5.75. The fourth-order valence-corrected chi connectivity index (χ4v) is 3.98. The number of rotatable bonds is 8. The van der Waals surface area contributed by atoms with Crippen LogP contribution in [0.3, 0.4) is 0 Å². The molecule has 2 aromatic carbocycles. The monoisotopic (exact) mass is 414 g/mol. The molecule has 0 bridgehead atoms. The van der Waals surface area contributed by atoms with Gasteiger partial charge in [-0.1, -0.05) is 35.9 Å². The summed E-state index contributed by atoms with van der Waals surface area (Å²) in [5.74, 6) is -0.110. The van der Waals surface area contributed by atoms with Crippen molar-refractivity contribution in [2.75, 3.05) is 13.7 Å². The van der Waals surface area contributed by atoms with Crippen molar-refractivity contribution in [2.45, 2.75) is 44.8 Å². The van der Waals surface area contributed by atoms with E-state index in [2.05, 4.69) is 12.2 Å². The topological polar surface area (TPSA) is 58.6 Å². The zero-order valence-electron chi connectivity index (χ0n) is 16.9. The van der Waals surface area contributed by atoms with Gasteiger partial charge in [0, 0.05) is 24.0 Å². The van der Waals surface area contributed by atoms with Gasteiger partial charge in [-0.05, 0) is 61.7 Å². The first-order chi connectivity index (χ1) is 14.0. The van der Waals surface area contributed by atoms with Crippen molar-refractivity contribution in [1.29, 1.82) is 0 Å². The molecular weight excluding hydrogens is 388 g/mol. The molecule has 29 heavy (non-hydrogen) atoms. The molecule has 154 valence electrons. The van der Waals surface area contributed by atoms with Crippen molar-refractivity contribution >= 4 is 23.5 Å². The van der Waals surface area contributed by atoms with Crippen LogP contribution in [0.5, 0.6) is 0 Å². The largest absolute Gasteiger partial charge is 0.465 e. The van der Waals surface area contributed by atoms with Crippen LogP contribution in [0.15, 0.2) is 48.5 Å². The molecule has 0 saturated carbocycles. The first-order valence-corrected chi connectivity index (χ1v) is 10.3. The molecular formula is C23H27ClN2O3. The number of carbonyl (C=O) groups excluding carboxylic acids is 2. The number of ether oxygens (including phenoxy) is 1. The van der Waals surface area contributed by atoms with Crippen LogP contribution < -0.4 is 5.32 Å². The van der Waals surface area contributed by atoms with Gasteiger partial charge in [0.05, 0.1) is 18.7 Å². The van der Waals surface area contributed by atoms with Crippen LogP contribution in [0.25, 0.3) is 0 Å². The van der Waals surface area contributed by atoms with Crippen LogP contribution >= 0.6 is 11.6 Å². The quantitative estimate of drug-likeness (QED) is 0.515. The summed E-state index contributed by atoms with van der Waals surface area (Å²) in [6.07, 6.45) is 2.41. The van der Waals surface area contributed by atoms with E-state index in [9.17, 15) is 9.59 Å². The van der Waals surface area contributed by atoms with E-state index < -0.39 is 0 Å². The van der Waals surface area contributed by atoms with Crippen LogP contribution in [0.2, 0.25) is 5.02 Å². The number of esters is 1. The predicted octanol–water partition coefficient (Wildman–Crippen LogP) is 4.36.